The van der Waals surface area contributed by atoms with Gasteiger partial charge in [0, 0.05) is 35.6 Å². The van der Waals surface area contributed by atoms with E-state index in [1.807, 2.05) is 0 Å². The van der Waals surface area contributed by atoms with Crippen molar-refractivity contribution in [3.63, 3.8) is 0 Å². The number of fused-ring (bicyclic) bond motifs is 4. The summed E-state index contributed by atoms with van der Waals surface area (Å²) in [5, 5.41) is 22.2. The molecule has 1 unspecified atom stereocenters. The van der Waals surface area contributed by atoms with Gasteiger partial charge in [0.1, 0.15) is 5.69 Å². The molecule has 0 aliphatic heterocycles. The number of aromatic nitrogens is 4. The number of nitrogens with zero attached hydrogens (tertiary/aromatic N) is 3. The number of carboxylic acid groups (broad SMARTS) is 1. The molecule has 3 aromatic heterocycles. The summed E-state index contributed by atoms with van der Waals surface area (Å²) in [7, 11) is 0. The van der Waals surface area contributed by atoms with Crippen LogP contribution in [0.3, 0.4) is 0 Å². The number of carbonyl (C=O) groups excluding carboxylic acids is 1. The second kappa shape index (κ2) is 7.16. The first-order valence-corrected chi connectivity index (χ1v) is 10.1. The van der Waals surface area contributed by atoms with E-state index in [1.165, 1.54) is 6.20 Å². The summed E-state index contributed by atoms with van der Waals surface area (Å²) in [4.78, 5) is 20.0. The summed E-state index contributed by atoms with van der Waals surface area (Å²) in [5.74, 6) is -3.80. The average Bonchev–Trinajstić information content (AvgIpc) is 3.13. The molecule has 2 atom stereocenters. The molecule has 0 aromatic carbocycles. The molecule has 30 heavy (non-hydrogen) atoms. The first kappa shape index (κ1) is 19.2. The van der Waals surface area contributed by atoms with Crippen molar-refractivity contribution in [3.05, 3.63) is 35.0 Å². The summed E-state index contributed by atoms with van der Waals surface area (Å²) in [6.07, 6.45) is 4.77. The highest BCUT2D eigenvalue weighted by atomic mass is 35.5. The van der Waals surface area contributed by atoms with E-state index in [9.17, 15) is 18.7 Å². The monoisotopic (exact) mass is 432 g/mol. The van der Waals surface area contributed by atoms with E-state index >= 15 is 0 Å². The van der Waals surface area contributed by atoms with Gasteiger partial charge in [-0.2, -0.15) is 5.10 Å². The molecule has 2 N–H and O–H groups in total. The van der Waals surface area contributed by atoms with Gasteiger partial charge in [-0.3, -0.25) is 5.10 Å². The summed E-state index contributed by atoms with van der Waals surface area (Å²) in [5.41, 5.74) is 0.370. The quantitative estimate of drug-likeness (QED) is 0.656. The van der Waals surface area contributed by atoms with Gasteiger partial charge in [-0.25, -0.2) is 18.7 Å². The van der Waals surface area contributed by atoms with Crippen LogP contribution in [0.5, 0.6) is 0 Å². The number of anilines is 1. The zero-order valence-corrected chi connectivity index (χ0v) is 16.4. The molecule has 0 spiro atoms. The Bertz CT molecular complexity index is 1150. The SMILES string of the molecule is O=C([O-])[C@@H]1C2CCC(CC2)C1Nc1nc(-c2[nH]nc3ncc(Cl)cc23)c(F)cc1F. The Kier molecular flexibility index (Phi) is 4.57. The van der Waals surface area contributed by atoms with Gasteiger partial charge in [0.15, 0.2) is 23.1 Å². The molecule has 3 aliphatic rings. The Balaban J connectivity index is 1.55. The molecule has 6 rings (SSSR count). The largest absolute Gasteiger partial charge is 0.550 e. The molecule has 7 nitrogen and oxygen atoms in total. The van der Waals surface area contributed by atoms with Crippen LogP contribution in [0.2, 0.25) is 5.02 Å². The third-order valence-electron chi connectivity index (χ3n) is 6.34. The minimum Gasteiger partial charge on any atom is -0.550 e. The molecule has 156 valence electrons. The van der Waals surface area contributed by atoms with Crippen molar-refractivity contribution < 1.29 is 18.7 Å². The van der Waals surface area contributed by atoms with Crippen molar-refractivity contribution in [2.45, 2.75) is 31.7 Å². The van der Waals surface area contributed by atoms with Crippen LogP contribution in [0.15, 0.2) is 18.3 Å². The van der Waals surface area contributed by atoms with Crippen molar-refractivity contribution in [1.82, 2.24) is 20.2 Å². The second-order valence-electron chi connectivity index (χ2n) is 7.96. The highest BCUT2D eigenvalue weighted by Crippen LogP contribution is 2.46. The van der Waals surface area contributed by atoms with Gasteiger partial charge in [-0.05, 0) is 43.6 Å². The van der Waals surface area contributed by atoms with Gasteiger partial charge in [0.2, 0.25) is 0 Å². The molecule has 3 heterocycles. The van der Waals surface area contributed by atoms with Gasteiger partial charge in [-0.15, -0.1) is 0 Å². The van der Waals surface area contributed by atoms with Crippen LogP contribution < -0.4 is 10.4 Å². The lowest BCUT2D eigenvalue weighted by Crippen LogP contribution is -2.55. The highest BCUT2D eigenvalue weighted by molar-refractivity contribution is 6.31. The van der Waals surface area contributed by atoms with Crippen LogP contribution in [0, 0.1) is 29.4 Å². The number of nitrogens with one attached hydrogen (secondary N) is 2. The Morgan fingerprint density at radius 2 is 1.90 bits per heavy atom. The zero-order valence-electron chi connectivity index (χ0n) is 15.7. The Hall–Kier alpha value is -2.81. The van der Waals surface area contributed by atoms with Crippen LogP contribution in [0.4, 0.5) is 14.6 Å². The molecular weight excluding hydrogens is 416 g/mol. The minimum absolute atomic E-state index is 0.00903. The fourth-order valence-electron chi connectivity index (χ4n) is 4.95. The number of H-pyrrole nitrogens is 1. The van der Waals surface area contributed by atoms with E-state index in [1.54, 1.807) is 6.07 Å². The van der Waals surface area contributed by atoms with Crippen LogP contribution in [0.1, 0.15) is 25.7 Å². The fourth-order valence-corrected chi connectivity index (χ4v) is 5.11. The van der Waals surface area contributed by atoms with Gasteiger partial charge in [0.25, 0.3) is 0 Å². The van der Waals surface area contributed by atoms with E-state index in [-0.39, 0.29) is 29.0 Å². The van der Waals surface area contributed by atoms with Crippen LogP contribution >= 0.6 is 11.6 Å². The molecule has 0 amide bonds. The van der Waals surface area contributed by atoms with Crippen LogP contribution in [-0.2, 0) is 4.79 Å². The van der Waals surface area contributed by atoms with Gasteiger partial charge >= 0.3 is 0 Å². The summed E-state index contributed by atoms with van der Waals surface area (Å²) in [6, 6.07) is 1.77. The predicted molar refractivity (Wildman–Crippen MR) is 103 cm³/mol. The molecule has 3 fully saturated rings. The summed E-state index contributed by atoms with van der Waals surface area (Å²) in [6.45, 7) is 0. The number of hydrogen-bond donors (Lipinski definition) is 2. The number of halogens is 3. The maximum Gasteiger partial charge on any atom is 0.181 e. The van der Waals surface area contributed by atoms with Gasteiger partial charge in [-0.1, -0.05) is 11.6 Å². The zero-order chi connectivity index (χ0) is 21.0. The normalized spacial score (nSPS) is 25.6. The number of aliphatic carboxylic acids is 1. The molecule has 10 heteroatoms. The topological polar surface area (TPSA) is 107 Å². The number of carboxylic acids is 1. The van der Waals surface area contributed by atoms with Crippen molar-refractivity contribution in [3.8, 4) is 11.4 Å². The molecule has 3 aromatic rings. The molecule has 3 aliphatic carbocycles. The van der Waals surface area contributed by atoms with E-state index in [0.29, 0.717) is 16.1 Å². The molecule has 2 bridgehead atoms. The Morgan fingerprint density at radius 1 is 1.17 bits per heavy atom. The first-order valence-electron chi connectivity index (χ1n) is 9.76. The van der Waals surface area contributed by atoms with E-state index in [0.717, 1.165) is 31.7 Å². The number of carbonyl (C=O) groups is 1. The Labute approximate surface area is 174 Å². The maximum atomic E-state index is 14.6. The van der Waals surface area contributed by atoms with Crippen molar-refractivity contribution >= 4 is 34.4 Å². The second-order valence-corrected chi connectivity index (χ2v) is 8.40. The van der Waals surface area contributed by atoms with E-state index in [4.69, 9.17) is 11.6 Å². The van der Waals surface area contributed by atoms with Crippen molar-refractivity contribution in [2.24, 2.45) is 17.8 Å². The van der Waals surface area contributed by atoms with Crippen LogP contribution in [0.25, 0.3) is 22.4 Å². The third-order valence-corrected chi connectivity index (χ3v) is 6.54. The molecule has 0 radical (unpaired) electrons. The lowest BCUT2D eigenvalue weighted by atomic mass is 9.61. The maximum absolute atomic E-state index is 14.6. The lowest BCUT2D eigenvalue weighted by Gasteiger charge is -2.49. The van der Waals surface area contributed by atoms with Crippen molar-refractivity contribution in [1.29, 1.82) is 0 Å². The first-order chi connectivity index (χ1) is 14.4. The average molecular weight is 433 g/mol. The predicted octanol–water partition coefficient (Wildman–Crippen LogP) is 2.92. The Morgan fingerprint density at radius 3 is 2.63 bits per heavy atom. The smallest absolute Gasteiger partial charge is 0.181 e. The molecule has 3 saturated carbocycles. The van der Waals surface area contributed by atoms with Crippen LogP contribution in [-0.4, -0.2) is 32.2 Å². The number of rotatable bonds is 4. The summed E-state index contributed by atoms with van der Waals surface area (Å²) < 4.78 is 29.2. The summed E-state index contributed by atoms with van der Waals surface area (Å²) >= 11 is 5.99. The number of pyridine rings is 2. The minimum atomic E-state index is -1.15. The molecule has 0 saturated heterocycles. The van der Waals surface area contributed by atoms with E-state index in [2.05, 4.69) is 25.5 Å². The van der Waals surface area contributed by atoms with Crippen molar-refractivity contribution in [2.75, 3.05) is 5.32 Å². The third kappa shape index (κ3) is 3.08. The number of aromatic amines is 1. The highest BCUT2D eigenvalue weighted by Gasteiger charge is 2.44. The molecular formula is C20H17ClF2N5O2-. The van der Waals surface area contributed by atoms with Gasteiger partial charge in [0.05, 0.1) is 10.7 Å². The van der Waals surface area contributed by atoms with E-state index < -0.39 is 29.6 Å². The lowest BCUT2D eigenvalue weighted by molar-refractivity contribution is -0.316. The van der Waals surface area contributed by atoms with Gasteiger partial charge < -0.3 is 15.2 Å². The fraction of sp³-hybridized carbons (Fsp3) is 0.400. The number of hydrogen-bond acceptors (Lipinski definition) is 6. The standard InChI is InChI=1S/C20H18ClF2N5O2/c21-10-5-11-16(27-28-18(11)24-7-10)17-12(22)6-13(23)19(26-17)25-15-9-3-1-8(2-4-9)14(15)20(29)30/h5-9,14-15H,1-4H2,(H,25,26)(H,29,30)(H,24,27,28)/p-1/t8?,9?,14-,15?/m1/s1.